The number of ether oxygens (including phenoxy) is 1. The first-order valence-electron chi connectivity index (χ1n) is 12.1. The van der Waals surface area contributed by atoms with Crippen LogP contribution in [0.5, 0.6) is 0 Å². The largest absolute Gasteiger partial charge is 0.458 e. The van der Waals surface area contributed by atoms with Gasteiger partial charge in [-0.1, -0.05) is 13.8 Å². The van der Waals surface area contributed by atoms with Crippen molar-refractivity contribution < 1.29 is 14.3 Å². The predicted octanol–water partition coefficient (Wildman–Crippen LogP) is 1.95. The Balaban J connectivity index is 1.38. The Kier molecular flexibility index (Phi) is 4.91. The molecule has 170 valence electrons. The maximum absolute atomic E-state index is 13.6. The summed E-state index contributed by atoms with van der Waals surface area (Å²) in [5.74, 6) is 1.32. The fourth-order valence-corrected chi connectivity index (χ4v) is 8.04. The van der Waals surface area contributed by atoms with Crippen LogP contribution in [0.3, 0.4) is 0 Å². The van der Waals surface area contributed by atoms with E-state index in [-0.39, 0.29) is 41.3 Å². The number of fused-ring (bicyclic) bond motifs is 1. The number of hydrogen-bond donors (Lipinski definition) is 2. The van der Waals surface area contributed by atoms with Crippen LogP contribution in [0, 0.1) is 40.4 Å². The molecule has 6 rings (SSSR count). The molecule has 5 aliphatic carbocycles. The molecule has 4 bridgehead atoms. The van der Waals surface area contributed by atoms with E-state index in [2.05, 4.69) is 11.4 Å². The number of amides is 1. The molecule has 6 unspecified atom stereocenters. The molecule has 1 amide bonds. The number of nitrogens with zero attached hydrogens (tertiary/aromatic N) is 2. The summed E-state index contributed by atoms with van der Waals surface area (Å²) in [7, 11) is 1.80. The summed E-state index contributed by atoms with van der Waals surface area (Å²) < 4.78 is 6.28. The van der Waals surface area contributed by atoms with Crippen molar-refractivity contribution in [1.82, 2.24) is 10.2 Å². The van der Waals surface area contributed by atoms with Crippen LogP contribution >= 0.6 is 0 Å². The Hall–Kier alpha value is -1.65. The van der Waals surface area contributed by atoms with Gasteiger partial charge in [0.15, 0.2) is 0 Å². The maximum Gasteiger partial charge on any atom is 0.323 e. The van der Waals surface area contributed by atoms with Gasteiger partial charge in [0.25, 0.3) is 0 Å². The summed E-state index contributed by atoms with van der Waals surface area (Å²) >= 11 is 0. The summed E-state index contributed by atoms with van der Waals surface area (Å²) in [5, 5.41) is 12.7. The standard InChI is InChI=1S/C24H36N4O3/c1-13(2)19(27-3)22(30)31-24-9-14-4-15(10-24)8-23(7-14,12-24)20(26)21(29)28-17(11-25)5-16-6-18(16)28/h13-20,27H,4-10,12,26H2,1-3H3/t14-,15?,16?,17-,18?,19?,20+,23?,24?/m0/s1. The van der Waals surface area contributed by atoms with Crippen molar-refractivity contribution in [2.75, 3.05) is 7.05 Å². The van der Waals surface area contributed by atoms with Crippen LogP contribution in [-0.4, -0.2) is 53.6 Å². The van der Waals surface area contributed by atoms with Crippen molar-refractivity contribution in [2.24, 2.45) is 34.8 Å². The number of esters is 1. The predicted molar refractivity (Wildman–Crippen MR) is 114 cm³/mol. The summed E-state index contributed by atoms with van der Waals surface area (Å²) in [4.78, 5) is 28.4. The number of carbonyl (C=O) groups excluding carboxylic acids is 2. The van der Waals surface area contributed by atoms with Crippen molar-refractivity contribution in [1.29, 1.82) is 5.26 Å². The van der Waals surface area contributed by atoms with Gasteiger partial charge in [0, 0.05) is 6.04 Å². The van der Waals surface area contributed by atoms with Crippen molar-refractivity contribution in [2.45, 2.75) is 95.0 Å². The van der Waals surface area contributed by atoms with Crippen LogP contribution in [-0.2, 0) is 14.3 Å². The highest BCUT2D eigenvalue weighted by atomic mass is 16.6. The normalized spacial score (nSPS) is 44.0. The molecule has 1 aliphatic heterocycles. The molecule has 9 atom stereocenters. The summed E-state index contributed by atoms with van der Waals surface area (Å²) in [6, 6.07) is 1.27. The van der Waals surface area contributed by atoms with Gasteiger partial charge in [-0.3, -0.25) is 9.59 Å². The third-order valence-corrected chi connectivity index (χ3v) is 9.04. The number of nitrogens with two attached hydrogens (primary N) is 1. The average molecular weight is 429 g/mol. The first-order valence-corrected chi connectivity index (χ1v) is 12.1. The van der Waals surface area contributed by atoms with Crippen LogP contribution in [0.2, 0.25) is 0 Å². The Morgan fingerprint density at radius 3 is 2.42 bits per heavy atom. The lowest BCUT2D eigenvalue weighted by atomic mass is 9.46. The van der Waals surface area contributed by atoms with Gasteiger partial charge in [-0.2, -0.15) is 5.26 Å². The molecule has 6 fully saturated rings. The Morgan fingerprint density at radius 1 is 1.16 bits per heavy atom. The molecule has 1 saturated heterocycles. The molecule has 0 radical (unpaired) electrons. The van der Waals surface area contributed by atoms with Crippen LogP contribution < -0.4 is 11.1 Å². The van der Waals surface area contributed by atoms with E-state index in [0.717, 1.165) is 44.9 Å². The molecule has 0 aromatic heterocycles. The van der Waals surface area contributed by atoms with Crippen LogP contribution in [0.15, 0.2) is 0 Å². The van der Waals surface area contributed by atoms with Gasteiger partial charge in [-0.25, -0.2) is 0 Å². The number of nitriles is 1. The Bertz CT molecular complexity index is 806. The second kappa shape index (κ2) is 7.18. The third kappa shape index (κ3) is 3.29. The molecule has 1 heterocycles. The molecule has 0 spiro atoms. The van der Waals surface area contributed by atoms with Crippen molar-refractivity contribution in [3.05, 3.63) is 0 Å². The van der Waals surface area contributed by atoms with Crippen molar-refractivity contribution in [3.63, 3.8) is 0 Å². The molecule has 7 nitrogen and oxygen atoms in total. The highest BCUT2D eigenvalue weighted by Crippen LogP contribution is 2.64. The highest BCUT2D eigenvalue weighted by molar-refractivity contribution is 5.84. The molecule has 0 aromatic rings. The number of nitrogens with one attached hydrogen (secondary N) is 1. The maximum atomic E-state index is 13.6. The zero-order valence-corrected chi connectivity index (χ0v) is 19.0. The lowest BCUT2D eigenvalue weighted by molar-refractivity contribution is -0.208. The topological polar surface area (TPSA) is 108 Å². The second-order valence-corrected chi connectivity index (χ2v) is 11.6. The first kappa shape index (κ1) is 21.2. The van der Waals surface area contributed by atoms with Gasteiger partial charge in [0.1, 0.15) is 17.7 Å². The van der Waals surface area contributed by atoms with Crippen molar-refractivity contribution in [3.8, 4) is 6.07 Å². The minimum atomic E-state index is -0.614. The van der Waals surface area contributed by atoms with E-state index in [1.807, 2.05) is 18.7 Å². The molecule has 31 heavy (non-hydrogen) atoms. The van der Waals surface area contributed by atoms with Gasteiger partial charge >= 0.3 is 5.97 Å². The van der Waals surface area contributed by atoms with E-state index in [1.54, 1.807) is 7.05 Å². The number of likely N-dealkylation sites (N-methyl/N-ethyl adjacent to an activating group) is 1. The first-order chi connectivity index (χ1) is 14.7. The summed E-state index contributed by atoms with van der Waals surface area (Å²) in [6.45, 7) is 4.04. The zero-order chi connectivity index (χ0) is 22.1. The molecular formula is C24H36N4O3. The van der Waals surface area contributed by atoms with E-state index >= 15 is 0 Å². The van der Waals surface area contributed by atoms with Crippen LogP contribution in [0.25, 0.3) is 0 Å². The second-order valence-electron chi connectivity index (χ2n) is 11.6. The summed E-state index contributed by atoms with van der Waals surface area (Å²) in [5.41, 5.74) is 5.95. The van der Waals surface area contributed by atoms with Crippen LogP contribution in [0.4, 0.5) is 0 Å². The minimum absolute atomic E-state index is 0.0461. The van der Waals surface area contributed by atoms with Crippen molar-refractivity contribution >= 4 is 11.9 Å². The molecule has 3 N–H and O–H groups in total. The number of likely N-dealkylation sites (tertiary alicyclic amines) is 1. The van der Waals surface area contributed by atoms with E-state index in [4.69, 9.17) is 10.5 Å². The monoisotopic (exact) mass is 428 g/mol. The lowest BCUT2D eigenvalue weighted by Gasteiger charge is -2.62. The van der Waals surface area contributed by atoms with Gasteiger partial charge in [0.05, 0.1) is 12.1 Å². The lowest BCUT2D eigenvalue weighted by Crippen LogP contribution is -2.66. The van der Waals surface area contributed by atoms with E-state index in [0.29, 0.717) is 24.2 Å². The third-order valence-electron chi connectivity index (χ3n) is 9.04. The molecule has 6 aliphatic rings. The SMILES string of the molecule is CNC(C(=O)OC12CC3C[C@H](C1)CC([C@H](N)C(=O)N1C4CC4C[C@H]1C#N)(C3)C2)C(C)C. The number of hydrogen-bond acceptors (Lipinski definition) is 6. The highest BCUT2D eigenvalue weighted by Gasteiger charge is 2.64. The van der Waals surface area contributed by atoms with E-state index in [1.165, 1.54) is 0 Å². The molecule has 0 aromatic carbocycles. The molecular weight excluding hydrogens is 392 g/mol. The van der Waals surface area contributed by atoms with Gasteiger partial charge in [0.2, 0.25) is 5.91 Å². The summed E-state index contributed by atoms with van der Waals surface area (Å²) in [6.07, 6.45) is 7.29. The van der Waals surface area contributed by atoms with Crippen LogP contribution in [0.1, 0.15) is 65.2 Å². The van der Waals surface area contributed by atoms with Gasteiger partial charge in [-0.15, -0.1) is 0 Å². The zero-order valence-electron chi connectivity index (χ0n) is 19.0. The van der Waals surface area contributed by atoms with E-state index < -0.39 is 11.6 Å². The fourth-order valence-electron chi connectivity index (χ4n) is 8.04. The molecule has 7 heteroatoms. The van der Waals surface area contributed by atoms with Gasteiger partial charge < -0.3 is 20.7 Å². The Morgan fingerprint density at radius 2 is 1.84 bits per heavy atom. The fraction of sp³-hybridized carbons (Fsp3) is 0.875. The van der Waals surface area contributed by atoms with Gasteiger partial charge in [-0.05, 0) is 87.5 Å². The quantitative estimate of drug-likeness (QED) is 0.626. The smallest absolute Gasteiger partial charge is 0.323 e. The number of rotatable bonds is 6. The Labute approximate surface area is 185 Å². The number of carbonyl (C=O) groups is 2. The number of piperidine rings is 1. The average Bonchev–Trinajstić information content (AvgIpc) is 3.35. The molecule has 5 saturated carbocycles. The van der Waals surface area contributed by atoms with E-state index in [9.17, 15) is 14.9 Å². The minimum Gasteiger partial charge on any atom is -0.458 e.